The van der Waals surface area contributed by atoms with Crippen LogP contribution in [0.15, 0.2) is 21.9 Å². The lowest BCUT2D eigenvalue weighted by Gasteiger charge is -2.30. The highest BCUT2D eigenvalue weighted by Gasteiger charge is 2.32. The first kappa shape index (κ1) is 15.3. The van der Waals surface area contributed by atoms with E-state index in [1.807, 2.05) is 17.0 Å². The molecule has 1 aliphatic carbocycles. The van der Waals surface area contributed by atoms with Gasteiger partial charge >= 0.3 is 0 Å². The minimum Gasteiger partial charge on any atom is -0.249 e. The van der Waals surface area contributed by atoms with Crippen molar-refractivity contribution in [3.05, 3.63) is 28.9 Å². The molecular weight excluding hydrogens is 332 g/mol. The molecule has 0 spiro atoms. The van der Waals surface area contributed by atoms with Crippen LogP contribution >= 0.6 is 11.3 Å². The van der Waals surface area contributed by atoms with Crippen LogP contribution in [0.1, 0.15) is 48.9 Å². The van der Waals surface area contributed by atoms with Crippen LogP contribution in [0.4, 0.5) is 0 Å². The predicted molar refractivity (Wildman–Crippen MR) is 88.1 cm³/mol. The summed E-state index contributed by atoms with van der Waals surface area (Å²) in [5, 5.41) is 10.4. The van der Waals surface area contributed by atoms with E-state index in [0.29, 0.717) is 23.2 Å². The quantitative estimate of drug-likeness (QED) is 0.848. The van der Waals surface area contributed by atoms with E-state index in [1.165, 1.54) is 24.2 Å². The minimum absolute atomic E-state index is 0.256. The van der Waals surface area contributed by atoms with Gasteiger partial charge in [0.05, 0.1) is 11.7 Å². The first-order valence-corrected chi connectivity index (χ1v) is 10.3. The molecule has 4 rings (SSSR count). The fourth-order valence-corrected chi connectivity index (χ4v) is 5.90. The van der Waals surface area contributed by atoms with Crippen molar-refractivity contribution in [1.82, 2.24) is 19.3 Å². The van der Waals surface area contributed by atoms with Gasteiger partial charge in [0, 0.05) is 25.2 Å². The highest BCUT2D eigenvalue weighted by molar-refractivity contribution is 7.91. The van der Waals surface area contributed by atoms with Gasteiger partial charge in [-0.15, -0.1) is 16.4 Å². The summed E-state index contributed by atoms with van der Waals surface area (Å²) >= 11 is 1.30. The molecule has 8 heteroatoms. The summed E-state index contributed by atoms with van der Waals surface area (Å²) in [6.45, 7) is 3.01. The fraction of sp³-hybridized carbons (Fsp3) is 0.600. The van der Waals surface area contributed by atoms with Crippen molar-refractivity contribution >= 4 is 21.4 Å². The van der Waals surface area contributed by atoms with Crippen LogP contribution in [0.5, 0.6) is 0 Å². The lowest BCUT2D eigenvalue weighted by atomic mass is 10.1. The Morgan fingerprint density at radius 1 is 1.22 bits per heavy atom. The number of aromatic nitrogens is 3. The highest BCUT2D eigenvalue weighted by Crippen LogP contribution is 2.39. The molecule has 1 saturated heterocycles. The molecule has 2 aromatic rings. The summed E-state index contributed by atoms with van der Waals surface area (Å²) in [6.07, 6.45) is 6.06. The second-order valence-electron chi connectivity index (χ2n) is 6.48. The number of rotatable bonds is 4. The van der Waals surface area contributed by atoms with E-state index in [-0.39, 0.29) is 6.04 Å². The maximum Gasteiger partial charge on any atom is 0.252 e. The number of aryl methyl sites for hydroxylation is 1. The summed E-state index contributed by atoms with van der Waals surface area (Å²) in [5.41, 5.74) is 2.09. The molecule has 2 aromatic heterocycles. The lowest BCUT2D eigenvalue weighted by Crippen LogP contribution is -2.38. The Bertz CT molecular complexity index is 799. The summed E-state index contributed by atoms with van der Waals surface area (Å²) in [7, 11) is -3.34. The number of hydrogen-bond donors (Lipinski definition) is 0. The molecule has 0 unspecified atom stereocenters. The maximum absolute atomic E-state index is 12.6. The molecule has 2 aliphatic rings. The zero-order chi connectivity index (χ0) is 16.0. The third-order valence-electron chi connectivity index (χ3n) is 4.62. The predicted octanol–water partition coefficient (Wildman–Crippen LogP) is 2.55. The van der Waals surface area contributed by atoms with Crippen molar-refractivity contribution in [1.29, 1.82) is 0 Å². The zero-order valence-electron chi connectivity index (χ0n) is 13.1. The van der Waals surface area contributed by atoms with Gasteiger partial charge in [0.15, 0.2) is 0 Å². The summed E-state index contributed by atoms with van der Waals surface area (Å²) in [4.78, 5) is 0. The van der Waals surface area contributed by atoms with Crippen LogP contribution in [0, 0.1) is 6.92 Å². The number of nitrogens with zero attached hydrogens (tertiary/aromatic N) is 4. The zero-order valence-corrected chi connectivity index (χ0v) is 14.7. The molecule has 2 fully saturated rings. The van der Waals surface area contributed by atoms with E-state index in [1.54, 1.807) is 10.4 Å². The van der Waals surface area contributed by atoms with Gasteiger partial charge in [0.25, 0.3) is 10.0 Å². The molecule has 6 nitrogen and oxygen atoms in total. The molecule has 0 amide bonds. The average molecular weight is 352 g/mol. The molecule has 1 aliphatic heterocycles. The smallest absolute Gasteiger partial charge is 0.249 e. The minimum atomic E-state index is -3.34. The number of thiophene rings is 1. The molecule has 23 heavy (non-hydrogen) atoms. The van der Waals surface area contributed by atoms with Gasteiger partial charge in [0.2, 0.25) is 0 Å². The van der Waals surface area contributed by atoms with Gasteiger partial charge in [-0.25, -0.2) is 13.1 Å². The van der Waals surface area contributed by atoms with Crippen molar-refractivity contribution < 1.29 is 8.42 Å². The van der Waals surface area contributed by atoms with E-state index < -0.39 is 10.0 Å². The second-order valence-corrected chi connectivity index (χ2v) is 9.55. The SMILES string of the molecule is Cc1csc(S(=O)(=O)N2CCC(n3cc(C4CC4)nn3)CC2)c1. The molecule has 0 radical (unpaired) electrons. The monoisotopic (exact) mass is 352 g/mol. The van der Waals surface area contributed by atoms with Crippen LogP contribution in [0.2, 0.25) is 0 Å². The maximum atomic E-state index is 12.6. The second kappa shape index (κ2) is 5.68. The molecule has 0 aromatic carbocycles. The number of sulfonamides is 1. The van der Waals surface area contributed by atoms with Crippen molar-refractivity contribution in [2.45, 2.75) is 48.8 Å². The topological polar surface area (TPSA) is 68.1 Å². The molecular formula is C15H20N4O2S2. The summed E-state index contributed by atoms with van der Waals surface area (Å²) < 4.78 is 29.3. The lowest BCUT2D eigenvalue weighted by molar-refractivity contribution is 0.259. The molecule has 0 bridgehead atoms. The van der Waals surface area contributed by atoms with Crippen molar-refractivity contribution in [2.24, 2.45) is 0 Å². The van der Waals surface area contributed by atoms with Crippen LogP contribution in [-0.2, 0) is 10.0 Å². The molecule has 0 atom stereocenters. The molecule has 3 heterocycles. The van der Waals surface area contributed by atoms with Crippen LogP contribution < -0.4 is 0 Å². The summed E-state index contributed by atoms with van der Waals surface area (Å²) in [5.74, 6) is 0.603. The number of hydrogen-bond acceptors (Lipinski definition) is 5. The van der Waals surface area contributed by atoms with Crippen LogP contribution in [-0.4, -0.2) is 40.8 Å². The van der Waals surface area contributed by atoms with Crippen molar-refractivity contribution in [2.75, 3.05) is 13.1 Å². The summed E-state index contributed by atoms with van der Waals surface area (Å²) in [6, 6.07) is 2.01. The third kappa shape index (κ3) is 2.95. The molecule has 124 valence electrons. The van der Waals surface area contributed by atoms with Gasteiger partial charge in [-0.2, -0.15) is 4.31 Å². The van der Waals surface area contributed by atoms with Gasteiger partial charge in [-0.05, 0) is 49.6 Å². The van der Waals surface area contributed by atoms with E-state index in [0.717, 1.165) is 24.1 Å². The average Bonchev–Trinajstić information content (AvgIpc) is 3.10. The van der Waals surface area contributed by atoms with E-state index in [2.05, 4.69) is 16.5 Å². The van der Waals surface area contributed by atoms with E-state index in [4.69, 9.17) is 0 Å². The first-order chi connectivity index (χ1) is 11.0. The third-order valence-corrected chi connectivity index (χ3v) is 8.05. The van der Waals surface area contributed by atoms with Crippen molar-refractivity contribution in [3.63, 3.8) is 0 Å². The standard InChI is InChI=1S/C15H20N4O2S2/c1-11-8-15(22-10-11)23(20,21)18-6-4-13(5-7-18)19-9-14(16-17-19)12-2-3-12/h8-10,12-13H,2-7H2,1H3. The normalized spacial score (nSPS) is 20.9. The van der Waals surface area contributed by atoms with E-state index >= 15 is 0 Å². The largest absolute Gasteiger partial charge is 0.252 e. The first-order valence-electron chi connectivity index (χ1n) is 8.01. The Hall–Kier alpha value is -1.25. The highest BCUT2D eigenvalue weighted by atomic mass is 32.2. The Morgan fingerprint density at radius 2 is 1.96 bits per heavy atom. The molecule has 1 saturated carbocycles. The Labute approximate surface area is 140 Å². The fourth-order valence-electron chi connectivity index (χ4n) is 3.05. The van der Waals surface area contributed by atoms with Gasteiger partial charge in [-0.3, -0.25) is 0 Å². The van der Waals surface area contributed by atoms with E-state index in [9.17, 15) is 8.42 Å². The van der Waals surface area contributed by atoms with Crippen molar-refractivity contribution in [3.8, 4) is 0 Å². The Kier molecular flexibility index (Phi) is 3.78. The van der Waals surface area contributed by atoms with Crippen LogP contribution in [0.25, 0.3) is 0 Å². The number of piperidine rings is 1. The Morgan fingerprint density at radius 3 is 2.57 bits per heavy atom. The van der Waals surface area contributed by atoms with Gasteiger partial charge < -0.3 is 0 Å². The van der Waals surface area contributed by atoms with Crippen LogP contribution in [0.3, 0.4) is 0 Å². The van der Waals surface area contributed by atoms with Gasteiger partial charge in [0.1, 0.15) is 4.21 Å². The van der Waals surface area contributed by atoms with Gasteiger partial charge in [-0.1, -0.05) is 5.21 Å². The Balaban J connectivity index is 1.43. The molecule has 0 N–H and O–H groups in total.